The maximum Gasteiger partial charge on any atom is 0.251 e. The molecule has 0 heterocycles. The number of hydrogen-bond acceptors (Lipinski definition) is 5. The summed E-state index contributed by atoms with van der Waals surface area (Å²) in [6.07, 6.45) is 4.33. The predicted molar refractivity (Wildman–Crippen MR) is 80.7 cm³/mol. The van der Waals surface area contributed by atoms with Gasteiger partial charge in [-0.3, -0.25) is 4.79 Å². The Labute approximate surface area is 127 Å². The van der Waals surface area contributed by atoms with E-state index < -0.39 is 30.8 Å². The molecule has 126 valence electrons. The molecule has 21 heavy (non-hydrogen) atoms. The van der Waals surface area contributed by atoms with Gasteiger partial charge in [0.05, 0.1) is 6.61 Å². The predicted octanol–water partition coefficient (Wildman–Crippen LogP) is 0.318. The van der Waals surface area contributed by atoms with Crippen molar-refractivity contribution < 1.29 is 25.2 Å². The van der Waals surface area contributed by atoms with Crippen molar-refractivity contribution in [3.63, 3.8) is 0 Å². The van der Waals surface area contributed by atoms with E-state index in [1.54, 1.807) is 0 Å². The van der Waals surface area contributed by atoms with Gasteiger partial charge in [0.2, 0.25) is 0 Å². The minimum Gasteiger partial charge on any atom is -0.394 e. The zero-order valence-corrected chi connectivity index (χ0v) is 13.0. The Bertz CT molecular complexity index is 262. The van der Waals surface area contributed by atoms with E-state index in [0.717, 1.165) is 19.3 Å². The third-order valence-electron chi connectivity index (χ3n) is 3.50. The number of nitrogens with one attached hydrogen (secondary N) is 1. The number of carbonyl (C=O) groups excluding carboxylic acids is 1. The van der Waals surface area contributed by atoms with Crippen LogP contribution in [-0.2, 0) is 4.79 Å². The van der Waals surface area contributed by atoms with Crippen LogP contribution < -0.4 is 5.32 Å². The molecule has 0 bridgehead atoms. The van der Waals surface area contributed by atoms with E-state index in [-0.39, 0.29) is 0 Å². The Hall–Kier alpha value is -0.690. The average molecular weight is 305 g/mol. The van der Waals surface area contributed by atoms with Gasteiger partial charge in [0.25, 0.3) is 5.91 Å². The van der Waals surface area contributed by atoms with E-state index in [1.165, 1.54) is 32.1 Å². The van der Waals surface area contributed by atoms with Gasteiger partial charge < -0.3 is 25.7 Å². The van der Waals surface area contributed by atoms with Crippen LogP contribution in [0.2, 0.25) is 0 Å². The van der Waals surface area contributed by atoms with E-state index in [1.807, 2.05) is 0 Å². The third-order valence-corrected chi connectivity index (χ3v) is 3.50. The van der Waals surface area contributed by atoms with Gasteiger partial charge >= 0.3 is 0 Å². The van der Waals surface area contributed by atoms with Crippen LogP contribution in [0.4, 0.5) is 0 Å². The molecule has 3 atom stereocenters. The number of unbranched alkanes of at least 4 members (excludes halogenated alkanes) is 7. The van der Waals surface area contributed by atoms with Crippen molar-refractivity contribution in [3.05, 3.63) is 0 Å². The highest BCUT2D eigenvalue weighted by molar-refractivity contribution is 5.81. The Morgan fingerprint density at radius 1 is 0.952 bits per heavy atom. The molecule has 1 amide bonds. The second-order valence-electron chi connectivity index (χ2n) is 5.45. The van der Waals surface area contributed by atoms with Crippen LogP contribution in [0.3, 0.4) is 0 Å². The highest BCUT2D eigenvalue weighted by Gasteiger charge is 2.29. The van der Waals surface area contributed by atoms with Gasteiger partial charge in [-0.15, -0.1) is 0 Å². The highest BCUT2D eigenvalue weighted by atomic mass is 16.4. The van der Waals surface area contributed by atoms with Gasteiger partial charge in [0.15, 0.2) is 6.10 Å². The van der Waals surface area contributed by atoms with Crippen LogP contribution in [0, 0.1) is 0 Å². The van der Waals surface area contributed by atoms with Crippen molar-refractivity contribution in [1.29, 1.82) is 0 Å². The highest BCUT2D eigenvalue weighted by Crippen LogP contribution is 2.08. The van der Waals surface area contributed by atoms with Gasteiger partial charge in [-0.2, -0.15) is 0 Å². The van der Waals surface area contributed by atoms with E-state index in [4.69, 9.17) is 10.2 Å². The maximum atomic E-state index is 11.5. The van der Waals surface area contributed by atoms with Crippen molar-refractivity contribution in [2.45, 2.75) is 76.6 Å². The fourth-order valence-electron chi connectivity index (χ4n) is 2.05. The van der Waals surface area contributed by atoms with Crippen LogP contribution in [0.1, 0.15) is 58.3 Å². The molecule has 0 aliphatic heterocycles. The number of carbonyl (C=O) groups is 1. The lowest BCUT2D eigenvalue weighted by atomic mass is 10.1. The Balaban J connectivity index is 3.57. The molecule has 0 saturated carbocycles. The van der Waals surface area contributed by atoms with E-state index in [2.05, 4.69) is 12.2 Å². The largest absolute Gasteiger partial charge is 0.394 e. The summed E-state index contributed by atoms with van der Waals surface area (Å²) < 4.78 is 0. The van der Waals surface area contributed by atoms with Crippen molar-refractivity contribution in [2.75, 3.05) is 13.2 Å². The van der Waals surface area contributed by atoms with Gasteiger partial charge in [0.1, 0.15) is 12.2 Å². The van der Waals surface area contributed by atoms with Gasteiger partial charge in [0, 0.05) is 6.54 Å². The molecular weight excluding hydrogens is 274 g/mol. The zero-order valence-electron chi connectivity index (χ0n) is 13.0. The summed E-state index contributed by atoms with van der Waals surface area (Å²) in [4.78, 5) is 11.5. The quantitative estimate of drug-likeness (QED) is 0.315. The van der Waals surface area contributed by atoms with E-state index >= 15 is 0 Å². The number of aliphatic hydroxyl groups is 4. The maximum absolute atomic E-state index is 11.5. The van der Waals surface area contributed by atoms with Crippen LogP contribution in [0.5, 0.6) is 0 Å². The van der Waals surface area contributed by atoms with Gasteiger partial charge in [-0.1, -0.05) is 51.9 Å². The van der Waals surface area contributed by atoms with Crippen LogP contribution in [0.15, 0.2) is 0 Å². The second-order valence-corrected chi connectivity index (χ2v) is 5.45. The standard InChI is InChI=1S/C15H31NO5/c1-2-3-4-5-6-7-8-9-10-16-15(21)14(20)13(19)12(18)11-17/h12-14,17-20H,2-11H2,1H3,(H,16,21)/t12-,13-,14-/m1/s1. The minimum atomic E-state index is -1.72. The van der Waals surface area contributed by atoms with E-state index in [9.17, 15) is 15.0 Å². The summed E-state index contributed by atoms with van der Waals surface area (Å²) in [5.74, 6) is -0.724. The normalized spacial score (nSPS) is 15.5. The number of hydrogen-bond donors (Lipinski definition) is 5. The van der Waals surface area contributed by atoms with E-state index in [0.29, 0.717) is 6.54 Å². The number of aliphatic hydroxyl groups excluding tert-OH is 4. The molecule has 0 spiro atoms. The molecule has 0 rings (SSSR count). The lowest BCUT2D eigenvalue weighted by Crippen LogP contribution is -2.48. The average Bonchev–Trinajstić information content (AvgIpc) is 2.50. The molecule has 0 aromatic heterocycles. The summed E-state index contributed by atoms with van der Waals surface area (Å²) in [6.45, 7) is 1.92. The third kappa shape index (κ3) is 9.79. The summed E-state index contributed by atoms with van der Waals surface area (Å²) in [7, 11) is 0. The van der Waals surface area contributed by atoms with Crippen molar-refractivity contribution in [3.8, 4) is 0 Å². The van der Waals surface area contributed by atoms with Crippen LogP contribution in [-0.4, -0.2) is 57.8 Å². The first-order valence-electron chi connectivity index (χ1n) is 7.97. The SMILES string of the molecule is CCCCCCCCCCNC(=O)[C@H](O)[C@H](O)[C@H](O)CO. The summed E-state index contributed by atoms with van der Waals surface area (Å²) >= 11 is 0. The van der Waals surface area contributed by atoms with Crippen LogP contribution in [0.25, 0.3) is 0 Å². The molecule has 0 fully saturated rings. The summed E-state index contributed by atoms with van der Waals surface area (Å²) in [6, 6.07) is 0. The lowest BCUT2D eigenvalue weighted by Gasteiger charge is -2.20. The molecule has 0 aliphatic rings. The minimum absolute atomic E-state index is 0.437. The number of rotatable bonds is 13. The Morgan fingerprint density at radius 2 is 1.48 bits per heavy atom. The molecule has 0 aromatic carbocycles. The Kier molecular flexibility index (Phi) is 12.6. The first kappa shape index (κ1) is 20.3. The Morgan fingerprint density at radius 3 is 2.00 bits per heavy atom. The van der Waals surface area contributed by atoms with Crippen molar-refractivity contribution in [1.82, 2.24) is 5.32 Å². The molecule has 5 N–H and O–H groups in total. The van der Waals surface area contributed by atoms with Crippen molar-refractivity contribution >= 4 is 5.91 Å². The second kappa shape index (κ2) is 13.0. The zero-order chi connectivity index (χ0) is 16.1. The van der Waals surface area contributed by atoms with Crippen molar-refractivity contribution in [2.24, 2.45) is 0 Å². The van der Waals surface area contributed by atoms with Gasteiger partial charge in [-0.25, -0.2) is 0 Å². The molecule has 0 unspecified atom stereocenters. The monoisotopic (exact) mass is 305 g/mol. The fraction of sp³-hybridized carbons (Fsp3) is 0.933. The molecule has 0 radical (unpaired) electrons. The topological polar surface area (TPSA) is 110 Å². The fourth-order valence-corrected chi connectivity index (χ4v) is 2.05. The first-order chi connectivity index (χ1) is 10.0. The molecule has 6 heteroatoms. The van der Waals surface area contributed by atoms with Crippen LogP contribution >= 0.6 is 0 Å². The lowest BCUT2D eigenvalue weighted by molar-refractivity contribution is -0.142. The first-order valence-corrected chi connectivity index (χ1v) is 7.97. The summed E-state index contributed by atoms with van der Waals surface area (Å²) in [5, 5.41) is 39.1. The van der Waals surface area contributed by atoms with Gasteiger partial charge in [-0.05, 0) is 6.42 Å². The molecule has 0 saturated heterocycles. The number of amides is 1. The molecule has 0 aliphatic carbocycles. The molecule has 6 nitrogen and oxygen atoms in total. The molecule has 0 aromatic rings. The molecular formula is C15H31NO5. The summed E-state index contributed by atoms with van der Waals surface area (Å²) in [5.41, 5.74) is 0. The smallest absolute Gasteiger partial charge is 0.251 e.